The van der Waals surface area contributed by atoms with Gasteiger partial charge in [0.05, 0.1) is 49.4 Å². The molecule has 0 unspecified atom stereocenters. The maximum Gasteiger partial charge on any atom is 0.343 e. The standard InChI is InChI=1S/C16H16N6O2.C8H9ClN2O2.C8H8N4.C6H15N/c1-3-24-16(23)14-10-17-11(2)20-15(14)21-12-5-4-6-13(9-12)22-18-7-8-19-22;1-3-13-8(12)6-4-10-5(2)11-7(6)9;9-7-2-1-3-8(6-7)12-10-4-5-11-12;1-4-7(5-2)6-3/h4-10H,3H2,1-2H3,(H,17,20,21);4H,3H2,1-2H3;1-6H,9H2;4-6H2,1-3H3. The highest BCUT2D eigenvalue weighted by molar-refractivity contribution is 6.32. The van der Waals surface area contributed by atoms with Crippen LogP contribution in [-0.2, 0) is 9.47 Å². The van der Waals surface area contributed by atoms with E-state index in [0.717, 1.165) is 17.1 Å². The van der Waals surface area contributed by atoms with Gasteiger partial charge >= 0.3 is 11.9 Å². The van der Waals surface area contributed by atoms with E-state index in [0.29, 0.717) is 29.8 Å². The van der Waals surface area contributed by atoms with Crippen molar-refractivity contribution in [2.24, 2.45) is 0 Å². The lowest BCUT2D eigenvalue weighted by Gasteiger charge is -2.13. The number of nitrogen functional groups attached to an aromatic ring is 1. The molecule has 0 aliphatic rings. The Morgan fingerprint density at radius 1 is 0.714 bits per heavy atom. The molecular formula is C38H48ClN13O4. The van der Waals surface area contributed by atoms with Gasteiger partial charge in [0.1, 0.15) is 33.7 Å². The van der Waals surface area contributed by atoms with Gasteiger partial charge in [0, 0.05) is 23.8 Å². The average molecular weight is 786 g/mol. The number of benzene rings is 2. The number of carbonyl (C=O) groups excluding carboxylic acids is 2. The number of anilines is 3. The second-order valence-corrected chi connectivity index (χ2v) is 11.6. The number of nitrogens with one attached hydrogen (secondary N) is 1. The third-order valence-electron chi connectivity index (χ3n) is 7.38. The minimum atomic E-state index is -0.493. The number of aryl methyl sites for hydroxylation is 2. The van der Waals surface area contributed by atoms with Gasteiger partial charge in [-0.2, -0.15) is 30.0 Å². The molecule has 6 rings (SSSR count). The Kier molecular flexibility index (Phi) is 18.5. The molecule has 0 saturated carbocycles. The van der Waals surface area contributed by atoms with E-state index in [-0.39, 0.29) is 22.9 Å². The first kappa shape index (κ1) is 44.1. The number of aromatic nitrogens is 10. The van der Waals surface area contributed by atoms with Crippen molar-refractivity contribution in [2.75, 3.05) is 43.9 Å². The Morgan fingerprint density at radius 2 is 1.20 bits per heavy atom. The first-order valence-corrected chi connectivity index (χ1v) is 18.3. The minimum absolute atomic E-state index is 0.131. The van der Waals surface area contributed by atoms with E-state index in [1.165, 1.54) is 41.6 Å². The van der Waals surface area contributed by atoms with Crippen LogP contribution in [0.3, 0.4) is 0 Å². The minimum Gasteiger partial charge on any atom is -0.462 e. The molecule has 18 heteroatoms. The van der Waals surface area contributed by atoms with E-state index in [1.54, 1.807) is 52.5 Å². The highest BCUT2D eigenvalue weighted by Gasteiger charge is 2.16. The Morgan fingerprint density at radius 3 is 1.68 bits per heavy atom. The molecule has 3 N–H and O–H groups in total. The molecule has 296 valence electrons. The Labute approximate surface area is 331 Å². The van der Waals surface area contributed by atoms with E-state index < -0.39 is 11.9 Å². The van der Waals surface area contributed by atoms with E-state index in [9.17, 15) is 9.59 Å². The fourth-order valence-corrected chi connectivity index (χ4v) is 4.82. The van der Waals surface area contributed by atoms with Crippen LogP contribution in [0.25, 0.3) is 11.4 Å². The normalized spacial score (nSPS) is 10.2. The van der Waals surface area contributed by atoms with Crippen LogP contribution >= 0.6 is 11.6 Å². The highest BCUT2D eigenvalue weighted by atomic mass is 35.5. The van der Waals surface area contributed by atoms with Crippen LogP contribution in [-0.4, -0.2) is 99.6 Å². The number of nitrogens with zero attached hydrogens (tertiary/aromatic N) is 11. The molecule has 0 spiro atoms. The van der Waals surface area contributed by atoms with Crippen LogP contribution in [0.15, 0.2) is 85.7 Å². The first-order chi connectivity index (χ1) is 27.0. The quantitative estimate of drug-likeness (QED) is 0.0865. The van der Waals surface area contributed by atoms with Crippen molar-refractivity contribution in [3.63, 3.8) is 0 Å². The van der Waals surface area contributed by atoms with Crippen molar-refractivity contribution < 1.29 is 19.1 Å². The summed E-state index contributed by atoms with van der Waals surface area (Å²) in [5.74, 6) is 0.511. The van der Waals surface area contributed by atoms with Gasteiger partial charge in [-0.1, -0.05) is 44.5 Å². The topological polar surface area (TPSA) is 207 Å². The molecule has 0 radical (unpaired) electrons. The van der Waals surface area contributed by atoms with E-state index in [4.69, 9.17) is 26.8 Å². The van der Waals surface area contributed by atoms with Crippen LogP contribution in [0.4, 0.5) is 17.2 Å². The van der Waals surface area contributed by atoms with Gasteiger partial charge in [-0.3, -0.25) is 0 Å². The summed E-state index contributed by atoms with van der Waals surface area (Å²) in [5.41, 5.74) is 9.20. The third kappa shape index (κ3) is 14.1. The van der Waals surface area contributed by atoms with Crippen molar-refractivity contribution in [2.45, 2.75) is 48.5 Å². The largest absolute Gasteiger partial charge is 0.462 e. The summed E-state index contributed by atoms with van der Waals surface area (Å²) >= 11 is 5.71. The summed E-state index contributed by atoms with van der Waals surface area (Å²) in [4.78, 5) is 44.7. The van der Waals surface area contributed by atoms with Crippen molar-refractivity contribution in [1.82, 2.24) is 54.8 Å². The van der Waals surface area contributed by atoms with Gasteiger partial charge in [0.25, 0.3) is 0 Å². The van der Waals surface area contributed by atoms with Crippen molar-refractivity contribution in [3.8, 4) is 11.4 Å². The average Bonchev–Trinajstić information content (AvgIpc) is 3.93. The molecule has 0 fully saturated rings. The number of rotatable bonds is 11. The lowest BCUT2D eigenvalue weighted by molar-refractivity contribution is 0.0516. The molecule has 2 aromatic carbocycles. The molecule has 4 heterocycles. The summed E-state index contributed by atoms with van der Waals surface area (Å²) in [7, 11) is 0. The maximum absolute atomic E-state index is 12.1. The number of ether oxygens (including phenoxy) is 2. The Balaban J connectivity index is 0.000000222. The number of hydrogen-bond acceptors (Lipinski definition) is 15. The third-order valence-corrected chi connectivity index (χ3v) is 7.67. The van der Waals surface area contributed by atoms with Crippen molar-refractivity contribution >= 4 is 40.7 Å². The predicted octanol–water partition coefficient (Wildman–Crippen LogP) is 6.10. The molecule has 4 aromatic heterocycles. The van der Waals surface area contributed by atoms with Gasteiger partial charge in [-0.05, 0) is 83.7 Å². The monoisotopic (exact) mass is 785 g/mol. The lowest BCUT2D eigenvalue weighted by Crippen LogP contribution is -2.21. The Hall–Kier alpha value is -6.33. The van der Waals surface area contributed by atoms with Crippen LogP contribution in [0.5, 0.6) is 0 Å². The number of halogens is 1. The highest BCUT2D eigenvalue weighted by Crippen LogP contribution is 2.21. The van der Waals surface area contributed by atoms with E-state index in [2.05, 4.69) is 71.3 Å². The number of carbonyl (C=O) groups is 2. The lowest BCUT2D eigenvalue weighted by atomic mass is 10.2. The van der Waals surface area contributed by atoms with Gasteiger partial charge in [-0.25, -0.2) is 29.5 Å². The zero-order valence-electron chi connectivity index (χ0n) is 32.6. The molecule has 0 amide bonds. The van der Waals surface area contributed by atoms with Crippen LogP contribution < -0.4 is 11.1 Å². The fourth-order valence-electron chi connectivity index (χ4n) is 4.57. The zero-order valence-corrected chi connectivity index (χ0v) is 33.4. The second-order valence-electron chi connectivity index (χ2n) is 11.3. The molecule has 0 atom stereocenters. The van der Waals surface area contributed by atoms with E-state index >= 15 is 0 Å². The molecule has 17 nitrogen and oxygen atoms in total. The fraction of sp³-hybridized carbons (Fsp3) is 0.316. The summed E-state index contributed by atoms with van der Waals surface area (Å²) in [6.45, 7) is 17.6. The van der Waals surface area contributed by atoms with Gasteiger partial charge < -0.3 is 25.4 Å². The molecule has 6 aromatic rings. The summed E-state index contributed by atoms with van der Waals surface area (Å²) in [6.07, 6.45) is 9.29. The smallest absolute Gasteiger partial charge is 0.343 e. The molecule has 0 bridgehead atoms. The van der Waals surface area contributed by atoms with Gasteiger partial charge in [0.2, 0.25) is 0 Å². The Bertz CT molecular complexity index is 2070. The predicted molar refractivity (Wildman–Crippen MR) is 214 cm³/mol. The maximum atomic E-state index is 12.1. The van der Waals surface area contributed by atoms with Crippen LogP contribution in [0, 0.1) is 13.8 Å². The van der Waals surface area contributed by atoms with Gasteiger partial charge in [0.15, 0.2) is 0 Å². The zero-order chi connectivity index (χ0) is 40.9. The SMILES string of the molecule is CCN(CC)CC.CCOC(=O)c1cnc(C)nc1Cl.CCOC(=O)c1cnc(C)nc1Nc1cccc(-n2nccn2)c1.Nc1cccc(-n2nccn2)c1. The van der Waals surface area contributed by atoms with E-state index in [1.807, 2.05) is 48.5 Å². The molecule has 0 aliphatic carbocycles. The summed E-state index contributed by atoms with van der Waals surface area (Å²) < 4.78 is 9.79. The molecule has 0 aliphatic heterocycles. The summed E-state index contributed by atoms with van der Waals surface area (Å²) in [5, 5.41) is 19.4. The summed E-state index contributed by atoms with van der Waals surface area (Å²) in [6, 6.07) is 14.9. The molecule has 56 heavy (non-hydrogen) atoms. The number of hydrogen-bond donors (Lipinski definition) is 2. The number of nitrogens with two attached hydrogens (primary N) is 1. The molecular weight excluding hydrogens is 738 g/mol. The second kappa shape index (κ2) is 23.5. The number of esters is 2. The first-order valence-electron chi connectivity index (χ1n) is 17.9. The van der Waals surface area contributed by atoms with Crippen LogP contribution in [0.2, 0.25) is 5.15 Å². The van der Waals surface area contributed by atoms with Gasteiger partial charge in [-0.15, -0.1) is 0 Å². The van der Waals surface area contributed by atoms with Crippen molar-refractivity contribution in [3.05, 3.63) is 114 Å². The van der Waals surface area contributed by atoms with Crippen LogP contribution in [0.1, 0.15) is 67.0 Å². The molecule has 0 saturated heterocycles. The van der Waals surface area contributed by atoms with Crippen molar-refractivity contribution in [1.29, 1.82) is 0 Å².